The molecule has 1 amide bonds. The van der Waals surface area contributed by atoms with E-state index in [1.807, 2.05) is 42.3 Å². The average Bonchev–Trinajstić information content (AvgIpc) is 2.71. The van der Waals surface area contributed by atoms with E-state index in [1.54, 1.807) is 12.4 Å². The first-order valence-corrected chi connectivity index (χ1v) is 9.85. The molecule has 144 valence electrons. The highest BCUT2D eigenvalue weighted by atomic mass is 35.5. The molecule has 2 aromatic rings. The molecule has 6 heteroatoms. The zero-order valence-electron chi connectivity index (χ0n) is 15.9. The van der Waals surface area contributed by atoms with Crippen LogP contribution in [-0.4, -0.2) is 67.0 Å². The average molecular weight is 387 g/mol. The molecule has 1 aromatic carbocycles. The summed E-state index contributed by atoms with van der Waals surface area (Å²) in [5.41, 5.74) is 2.39. The van der Waals surface area contributed by atoms with E-state index in [2.05, 4.69) is 20.9 Å². The van der Waals surface area contributed by atoms with Crippen LogP contribution in [0.4, 0.5) is 5.69 Å². The molecule has 5 nitrogen and oxygen atoms in total. The number of hydrogen-bond donors (Lipinski definition) is 0. The number of hydrogen-bond acceptors (Lipinski definition) is 4. The van der Waals surface area contributed by atoms with E-state index < -0.39 is 0 Å². The third-order valence-corrected chi connectivity index (χ3v) is 5.33. The number of pyridine rings is 1. The molecule has 0 bridgehead atoms. The summed E-state index contributed by atoms with van der Waals surface area (Å²) in [6.07, 6.45) is 5.02. The molecule has 0 saturated carbocycles. The standard InChI is InChI=1S/C21H27ClN4O/c1-24(11-7-18-5-9-23-10-6-18)21(27)8-12-25-13-15-26(16-14-25)20-4-2-3-19(22)17-20/h2-6,9-10,17H,7-8,11-16H2,1H3. The van der Waals surface area contributed by atoms with Crippen LogP contribution in [0, 0.1) is 0 Å². The van der Waals surface area contributed by atoms with Crippen molar-refractivity contribution in [3.8, 4) is 0 Å². The maximum atomic E-state index is 12.4. The van der Waals surface area contributed by atoms with Crippen molar-refractivity contribution in [1.82, 2.24) is 14.8 Å². The van der Waals surface area contributed by atoms with Gasteiger partial charge in [0.1, 0.15) is 0 Å². The highest BCUT2D eigenvalue weighted by Gasteiger charge is 2.18. The summed E-state index contributed by atoms with van der Waals surface area (Å²) in [7, 11) is 1.89. The molecule has 0 atom stereocenters. The summed E-state index contributed by atoms with van der Waals surface area (Å²) in [6.45, 7) is 5.44. The van der Waals surface area contributed by atoms with Crippen molar-refractivity contribution < 1.29 is 4.79 Å². The molecule has 1 saturated heterocycles. The van der Waals surface area contributed by atoms with Gasteiger partial charge in [0, 0.05) is 75.8 Å². The van der Waals surface area contributed by atoms with Crippen LogP contribution >= 0.6 is 11.6 Å². The number of carbonyl (C=O) groups excluding carboxylic acids is 1. The van der Waals surface area contributed by atoms with Crippen molar-refractivity contribution >= 4 is 23.2 Å². The van der Waals surface area contributed by atoms with E-state index in [0.29, 0.717) is 6.42 Å². The van der Waals surface area contributed by atoms with Gasteiger partial charge in [-0.25, -0.2) is 0 Å². The molecule has 0 aliphatic carbocycles. The number of benzene rings is 1. The minimum atomic E-state index is 0.210. The van der Waals surface area contributed by atoms with Crippen molar-refractivity contribution in [3.63, 3.8) is 0 Å². The van der Waals surface area contributed by atoms with Gasteiger partial charge >= 0.3 is 0 Å². The Balaban J connectivity index is 1.37. The number of piperazine rings is 1. The number of likely N-dealkylation sites (N-methyl/N-ethyl adjacent to an activating group) is 1. The Kier molecular flexibility index (Phi) is 7.07. The lowest BCUT2D eigenvalue weighted by Gasteiger charge is -2.36. The van der Waals surface area contributed by atoms with E-state index in [-0.39, 0.29) is 5.91 Å². The van der Waals surface area contributed by atoms with Gasteiger partial charge in [-0.1, -0.05) is 17.7 Å². The van der Waals surface area contributed by atoms with Crippen molar-refractivity contribution in [2.45, 2.75) is 12.8 Å². The van der Waals surface area contributed by atoms with Gasteiger partial charge in [-0.2, -0.15) is 0 Å². The molecule has 2 heterocycles. The Morgan fingerprint density at radius 1 is 1.15 bits per heavy atom. The molecular formula is C21H27ClN4O. The lowest BCUT2D eigenvalue weighted by Crippen LogP contribution is -2.47. The first-order chi connectivity index (χ1) is 13.1. The number of aromatic nitrogens is 1. The Labute approximate surface area is 166 Å². The zero-order chi connectivity index (χ0) is 19.1. The van der Waals surface area contributed by atoms with Crippen LogP contribution in [0.1, 0.15) is 12.0 Å². The lowest BCUT2D eigenvalue weighted by molar-refractivity contribution is -0.130. The third-order valence-electron chi connectivity index (χ3n) is 5.10. The first kappa shape index (κ1) is 19.6. The second kappa shape index (κ2) is 9.72. The Bertz CT molecular complexity index is 732. The quantitative estimate of drug-likeness (QED) is 0.733. The van der Waals surface area contributed by atoms with E-state index in [4.69, 9.17) is 11.6 Å². The highest BCUT2D eigenvalue weighted by Crippen LogP contribution is 2.20. The van der Waals surface area contributed by atoms with Crippen LogP contribution in [0.2, 0.25) is 5.02 Å². The van der Waals surface area contributed by atoms with Gasteiger partial charge in [-0.05, 0) is 42.3 Å². The molecule has 0 N–H and O–H groups in total. The predicted molar refractivity (Wildman–Crippen MR) is 110 cm³/mol. The van der Waals surface area contributed by atoms with E-state index in [9.17, 15) is 4.79 Å². The molecule has 1 aliphatic rings. The molecular weight excluding hydrogens is 360 g/mol. The molecule has 0 radical (unpaired) electrons. The highest BCUT2D eigenvalue weighted by molar-refractivity contribution is 6.30. The fourth-order valence-electron chi connectivity index (χ4n) is 3.32. The maximum absolute atomic E-state index is 12.4. The van der Waals surface area contributed by atoms with Crippen LogP contribution in [0.15, 0.2) is 48.8 Å². The maximum Gasteiger partial charge on any atom is 0.223 e. The van der Waals surface area contributed by atoms with Gasteiger partial charge in [-0.3, -0.25) is 14.7 Å². The van der Waals surface area contributed by atoms with Gasteiger partial charge in [0.25, 0.3) is 0 Å². The van der Waals surface area contributed by atoms with Crippen LogP contribution in [0.25, 0.3) is 0 Å². The van der Waals surface area contributed by atoms with Crippen molar-refractivity contribution in [3.05, 3.63) is 59.4 Å². The smallest absolute Gasteiger partial charge is 0.223 e. The normalized spacial score (nSPS) is 15.0. The van der Waals surface area contributed by atoms with Gasteiger partial charge in [0.15, 0.2) is 0 Å². The number of nitrogens with zero attached hydrogens (tertiary/aromatic N) is 4. The van der Waals surface area contributed by atoms with Crippen molar-refractivity contribution in [1.29, 1.82) is 0 Å². The fraction of sp³-hybridized carbons (Fsp3) is 0.429. The minimum absolute atomic E-state index is 0.210. The Morgan fingerprint density at radius 3 is 2.59 bits per heavy atom. The zero-order valence-corrected chi connectivity index (χ0v) is 16.6. The number of halogens is 1. The van der Waals surface area contributed by atoms with Crippen molar-refractivity contribution in [2.24, 2.45) is 0 Å². The molecule has 1 aromatic heterocycles. The summed E-state index contributed by atoms with van der Waals surface area (Å²) in [5.74, 6) is 0.210. The molecule has 1 aliphatic heterocycles. The number of anilines is 1. The van der Waals surface area contributed by atoms with Crippen LogP contribution in [-0.2, 0) is 11.2 Å². The van der Waals surface area contributed by atoms with Gasteiger partial charge in [-0.15, -0.1) is 0 Å². The summed E-state index contributed by atoms with van der Waals surface area (Å²) < 4.78 is 0. The second-order valence-electron chi connectivity index (χ2n) is 6.98. The number of amides is 1. The molecule has 1 fully saturated rings. The first-order valence-electron chi connectivity index (χ1n) is 9.47. The van der Waals surface area contributed by atoms with Gasteiger partial charge in [0.05, 0.1) is 0 Å². The lowest BCUT2D eigenvalue weighted by atomic mass is 10.2. The largest absolute Gasteiger partial charge is 0.369 e. The molecule has 0 unspecified atom stereocenters. The molecule has 27 heavy (non-hydrogen) atoms. The molecule has 3 rings (SSSR count). The SMILES string of the molecule is CN(CCc1ccncc1)C(=O)CCN1CCN(c2cccc(Cl)c2)CC1. The Hall–Kier alpha value is -2.11. The van der Waals surface area contributed by atoms with Crippen LogP contribution < -0.4 is 4.90 Å². The Morgan fingerprint density at radius 2 is 1.89 bits per heavy atom. The molecule has 0 spiro atoms. The van der Waals surface area contributed by atoms with Gasteiger partial charge < -0.3 is 9.80 Å². The summed E-state index contributed by atoms with van der Waals surface area (Å²) in [4.78, 5) is 23.0. The van der Waals surface area contributed by atoms with Crippen LogP contribution in [0.5, 0.6) is 0 Å². The summed E-state index contributed by atoms with van der Waals surface area (Å²) in [5, 5.41) is 0.773. The van der Waals surface area contributed by atoms with Crippen molar-refractivity contribution in [2.75, 3.05) is 51.2 Å². The van der Waals surface area contributed by atoms with E-state index >= 15 is 0 Å². The number of rotatable bonds is 7. The summed E-state index contributed by atoms with van der Waals surface area (Å²) in [6, 6.07) is 12.0. The van der Waals surface area contributed by atoms with E-state index in [1.165, 1.54) is 11.3 Å². The monoisotopic (exact) mass is 386 g/mol. The second-order valence-corrected chi connectivity index (χ2v) is 7.42. The minimum Gasteiger partial charge on any atom is -0.369 e. The van der Waals surface area contributed by atoms with Crippen LogP contribution in [0.3, 0.4) is 0 Å². The summed E-state index contributed by atoms with van der Waals surface area (Å²) >= 11 is 6.09. The predicted octanol–water partition coefficient (Wildman–Crippen LogP) is 2.95. The topological polar surface area (TPSA) is 39.7 Å². The van der Waals surface area contributed by atoms with E-state index in [0.717, 1.165) is 50.7 Å². The third kappa shape index (κ3) is 5.94. The number of carbonyl (C=O) groups is 1. The fourth-order valence-corrected chi connectivity index (χ4v) is 3.50. The van der Waals surface area contributed by atoms with Gasteiger partial charge in [0.2, 0.25) is 5.91 Å².